The average molecular weight is 483 g/mol. The molecule has 0 unspecified atom stereocenters. The van der Waals surface area contributed by atoms with Crippen molar-refractivity contribution in [1.29, 1.82) is 0 Å². The molecule has 0 atom stereocenters. The number of hydrogen-bond donors (Lipinski definition) is 3. The summed E-state index contributed by atoms with van der Waals surface area (Å²) >= 11 is 0. The molecule has 1 aromatic heterocycles. The Morgan fingerprint density at radius 2 is 1.69 bits per heavy atom. The number of aromatic nitrogens is 1. The molecule has 4 saturated carbocycles. The molecule has 5 heteroatoms. The molecule has 3 aromatic rings. The summed E-state index contributed by atoms with van der Waals surface area (Å²) in [6.45, 7) is 4.64. The van der Waals surface area contributed by atoms with Crippen molar-refractivity contribution in [2.45, 2.75) is 58.4 Å². The number of hydrogen-bond acceptors (Lipinski definition) is 4. The van der Waals surface area contributed by atoms with Crippen LogP contribution in [0.3, 0.4) is 0 Å². The highest BCUT2D eigenvalue weighted by atomic mass is 16.1. The number of benzene rings is 2. The monoisotopic (exact) mass is 482 g/mol. The smallest absolute Gasteiger partial charge is 0.224 e. The van der Waals surface area contributed by atoms with Crippen LogP contribution in [0.2, 0.25) is 0 Å². The molecule has 0 spiro atoms. The number of nitrogens with zero attached hydrogens (tertiary/aromatic N) is 1. The fraction of sp³-hybridized carbons (Fsp3) is 0.484. The Kier molecular flexibility index (Phi) is 6.43. The van der Waals surface area contributed by atoms with Gasteiger partial charge in [-0.2, -0.15) is 0 Å². The lowest BCUT2D eigenvalue weighted by atomic mass is 9.49. The first-order valence-corrected chi connectivity index (χ1v) is 13.7. The fourth-order valence-electron chi connectivity index (χ4n) is 7.74. The maximum atomic E-state index is 13.2. The Morgan fingerprint density at radius 3 is 2.44 bits per heavy atom. The van der Waals surface area contributed by atoms with Crippen molar-refractivity contribution in [2.24, 2.45) is 23.2 Å². The van der Waals surface area contributed by atoms with Crippen molar-refractivity contribution in [3.63, 3.8) is 0 Å². The van der Waals surface area contributed by atoms with Gasteiger partial charge in [0, 0.05) is 31.4 Å². The molecule has 1 heterocycles. The van der Waals surface area contributed by atoms with E-state index < -0.39 is 0 Å². The summed E-state index contributed by atoms with van der Waals surface area (Å²) in [6.07, 6.45) is 8.70. The van der Waals surface area contributed by atoms with Gasteiger partial charge < -0.3 is 16.0 Å². The van der Waals surface area contributed by atoms with Crippen LogP contribution in [0.4, 0.5) is 11.5 Å². The molecule has 0 saturated heterocycles. The second kappa shape index (κ2) is 9.85. The van der Waals surface area contributed by atoms with E-state index in [1.807, 2.05) is 24.3 Å². The number of carbonyl (C=O) groups is 1. The minimum atomic E-state index is 0.173. The summed E-state index contributed by atoms with van der Waals surface area (Å²) in [6, 6.07) is 18.7. The predicted molar refractivity (Wildman–Crippen MR) is 147 cm³/mol. The molecule has 4 aliphatic carbocycles. The molecular weight excluding hydrogens is 444 g/mol. The van der Waals surface area contributed by atoms with Crippen LogP contribution in [0.1, 0.15) is 56.1 Å². The number of pyridine rings is 1. The molecular formula is C31H38N4O. The lowest BCUT2D eigenvalue weighted by Gasteiger charge is -2.56. The third-order valence-electron chi connectivity index (χ3n) is 8.73. The summed E-state index contributed by atoms with van der Waals surface area (Å²) in [5, 5.41) is 11.2. The lowest BCUT2D eigenvalue weighted by Crippen LogP contribution is -2.47. The van der Waals surface area contributed by atoms with Gasteiger partial charge in [-0.05, 0) is 98.4 Å². The van der Waals surface area contributed by atoms with E-state index in [9.17, 15) is 4.79 Å². The summed E-state index contributed by atoms with van der Waals surface area (Å²) in [5.41, 5.74) is 4.63. The van der Waals surface area contributed by atoms with E-state index in [-0.39, 0.29) is 11.3 Å². The van der Waals surface area contributed by atoms with Gasteiger partial charge in [-0.1, -0.05) is 35.9 Å². The Labute approximate surface area is 214 Å². The second-order valence-electron chi connectivity index (χ2n) is 11.8. The Bertz CT molecular complexity index is 1220. The van der Waals surface area contributed by atoms with Crippen LogP contribution in [-0.2, 0) is 11.3 Å². The van der Waals surface area contributed by atoms with Crippen molar-refractivity contribution in [3.8, 4) is 0 Å². The Morgan fingerprint density at radius 1 is 0.944 bits per heavy atom. The summed E-state index contributed by atoms with van der Waals surface area (Å²) in [5.74, 6) is 3.64. The van der Waals surface area contributed by atoms with Gasteiger partial charge >= 0.3 is 0 Å². The minimum absolute atomic E-state index is 0.173. The topological polar surface area (TPSA) is 66.0 Å². The Hall–Kier alpha value is -2.92. The van der Waals surface area contributed by atoms with Crippen molar-refractivity contribution in [1.82, 2.24) is 10.3 Å². The quantitative estimate of drug-likeness (QED) is 0.314. The molecule has 36 heavy (non-hydrogen) atoms. The highest BCUT2D eigenvalue weighted by Crippen LogP contribution is 2.61. The standard InChI is InChI=1S/C31H38N4O/c1-21-4-2-5-22(12-21)20-32-10-11-33-29-9-8-26-27(34-29)6-3-7-28(26)35-30(36)19-31-16-23-13-24(17-31)15-25(14-23)18-31/h2-9,12,23-25,32H,10-11,13-20H2,1H3,(H,33,34)(H,35,36). The van der Waals surface area contributed by atoms with E-state index in [1.54, 1.807) is 0 Å². The molecule has 0 radical (unpaired) electrons. The lowest BCUT2D eigenvalue weighted by molar-refractivity contribution is -0.124. The van der Waals surface area contributed by atoms with Gasteiger partial charge in [-0.15, -0.1) is 0 Å². The number of rotatable bonds is 9. The Balaban J connectivity index is 1.04. The molecule has 5 nitrogen and oxygen atoms in total. The van der Waals surface area contributed by atoms with E-state index in [4.69, 9.17) is 4.98 Å². The SMILES string of the molecule is Cc1cccc(CNCCNc2ccc3c(NC(=O)CC45CC6CC(CC(C6)C4)C5)cccc3n2)c1. The van der Waals surface area contributed by atoms with Gasteiger partial charge in [0.2, 0.25) is 5.91 Å². The van der Waals surface area contributed by atoms with Gasteiger partial charge in [-0.25, -0.2) is 4.98 Å². The molecule has 4 aliphatic rings. The zero-order valence-corrected chi connectivity index (χ0v) is 21.4. The highest BCUT2D eigenvalue weighted by molar-refractivity contribution is 6.01. The molecule has 2 aromatic carbocycles. The van der Waals surface area contributed by atoms with Crippen molar-refractivity contribution in [3.05, 3.63) is 65.7 Å². The maximum absolute atomic E-state index is 13.2. The third kappa shape index (κ3) is 5.12. The van der Waals surface area contributed by atoms with E-state index in [2.05, 4.69) is 53.2 Å². The van der Waals surface area contributed by atoms with Gasteiger partial charge in [0.25, 0.3) is 0 Å². The van der Waals surface area contributed by atoms with Crippen LogP contribution in [0, 0.1) is 30.1 Å². The van der Waals surface area contributed by atoms with Crippen LogP contribution in [-0.4, -0.2) is 24.0 Å². The van der Waals surface area contributed by atoms with Crippen molar-refractivity contribution in [2.75, 3.05) is 23.7 Å². The molecule has 4 fully saturated rings. The first-order valence-electron chi connectivity index (χ1n) is 13.7. The summed E-state index contributed by atoms with van der Waals surface area (Å²) in [7, 11) is 0. The zero-order valence-electron chi connectivity index (χ0n) is 21.4. The van der Waals surface area contributed by atoms with Crippen LogP contribution < -0.4 is 16.0 Å². The van der Waals surface area contributed by atoms with Crippen molar-refractivity contribution < 1.29 is 4.79 Å². The average Bonchev–Trinajstić information content (AvgIpc) is 2.83. The number of fused-ring (bicyclic) bond motifs is 1. The number of aryl methyl sites for hydroxylation is 1. The first kappa shape index (κ1) is 23.5. The molecule has 188 valence electrons. The van der Waals surface area contributed by atoms with E-state index in [0.717, 1.165) is 59.8 Å². The fourth-order valence-corrected chi connectivity index (χ4v) is 7.74. The van der Waals surface area contributed by atoms with Gasteiger partial charge in [0.15, 0.2) is 0 Å². The third-order valence-corrected chi connectivity index (χ3v) is 8.73. The number of nitrogens with one attached hydrogen (secondary N) is 3. The number of amides is 1. The minimum Gasteiger partial charge on any atom is -0.369 e. The normalized spacial score (nSPS) is 26.3. The maximum Gasteiger partial charge on any atom is 0.224 e. The molecule has 7 rings (SSSR count). The van der Waals surface area contributed by atoms with Gasteiger partial charge in [0.05, 0.1) is 11.2 Å². The molecule has 4 bridgehead atoms. The molecule has 1 amide bonds. The second-order valence-corrected chi connectivity index (χ2v) is 11.8. The van der Waals surface area contributed by atoms with Crippen molar-refractivity contribution >= 4 is 28.3 Å². The van der Waals surface area contributed by atoms with Crippen LogP contribution in [0.5, 0.6) is 0 Å². The number of anilines is 2. The predicted octanol–water partition coefficient (Wildman–Crippen LogP) is 6.29. The van der Waals surface area contributed by atoms with Crippen LogP contribution in [0.25, 0.3) is 10.9 Å². The summed E-state index contributed by atoms with van der Waals surface area (Å²) in [4.78, 5) is 18.0. The number of carbonyl (C=O) groups excluding carboxylic acids is 1. The molecule has 0 aliphatic heterocycles. The van der Waals surface area contributed by atoms with E-state index in [1.165, 1.54) is 49.7 Å². The molecule has 3 N–H and O–H groups in total. The van der Waals surface area contributed by atoms with Gasteiger partial charge in [0.1, 0.15) is 5.82 Å². The zero-order chi connectivity index (χ0) is 24.5. The van der Waals surface area contributed by atoms with Gasteiger partial charge in [-0.3, -0.25) is 4.79 Å². The largest absolute Gasteiger partial charge is 0.369 e. The first-order chi connectivity index (χ1) is 17.5. The van der Waals surface area contributed by atoms with E-state index in [0.29, 0.717) is 6.42 Å². The van der Waals surface area contributed by atoms with Crippen LogP contribution in [0.15, 0.2) is 54.6 Å². The highest BCUT2D eigenvalue weighted by Gasteiger charge is 2.51. The van der Waals surface area contributed by atoms with Crippen LogP contribution >= 0.6 is 0 Å². The van der Waals surface area contributed by atoms with E-state index >= 15 is 0 Å². The summed E-state index contributed by atoms with van der Waals surface area (Å²) < 4.78 is 0.